The predicted molar refractivity (Wildman–Crippen MR) is 73.4 cm³/mol. The van der Waals surface area contributed by atoms with Gasteiger partial charge in [-0.1, -0.05) is 18.2 Å². The summed E-state index contributed by atoms with van der Waals surface area (Å²) in [6.45, 7) is 8.36. The van der Waals surface area contributed by atoms with Crippen molar-refractivity contribution >= 4 is 0 Å². The van der Waals surface area contributed by atoms with E-state index in [9.17, 15) is 5.11 Å². The molecule has 0 radical (unpaired) electrons. The fourth-order valence-corrected chi connectivity index (χ4v) is 1.70. The molecule has 17 heavy (non-hydrogen) atoms. The monoisotopic (exact) mass is 235 g/mol. The molecule has 1 unspecified atom stereocenters. The van der Waals surface area contributed by atoms with E-state index in [2.05, 4.69) is 50.8 Å². The molecular formula is C15H25NO. The lowest BCUT2D eigenvalue weighted by Gasteiger charge is -2.37. The van der Waals surface area contributed by atoms with Crippen LogP contribution in [-0.2, 0) is 6.42 Å². The summed E-state index contributed by atoms with van der Waals surface area (Å²) in [4.78, 5) is 2.07. The quantitative estimate of drug-likeness (QED) is 0.867. The smallest absolute Gasteiger partial charge is 0.0758 e. The maximum atomic E-state index is 10.3. The Hall–Kier alpha value is -0.860. The molecule has 0 aromatic heterocycles. The Morgan fingerprint density at radius 1 is 1.18 bits per heavy atom. The number of aliphatic hydroxyl groups excluding tert-OH is 1. The highest BCUT2D eigenvalue weighted by molar-refractivity contribution is 5.30. The highest BCUT2D eigenvalue weighted by atomic mass is 16.3. The van der Waals surface area contributed by atoms with Crippen molar-refractivity contribution in [3.63, 3.8) is 0 Å². The topological polar surface area (TPSA) is 23.5 Å². The van der Waals surface area contributed by atoms with E-state index in [0.29, 0.717) is 6.42 Å². The first kappa shape index (κ1) is 14.2. The zero-order valence-electron chi connectivity index (χ0n) is 11.9. The highest BCUT2D eigenvalue weighted by Gasteiger charge is 2.29. The normalized spacial score (nSPS) is 14.1. The number of likely N-dealkylation sites (N-methyl/N-ethyl adjacent to an activating group) is 1. The van der Waals surface area contributed by atoms with Gasteiger partial charge in [-0.2, -0.15) is 0 Å². The summed E-state index contributed by atoms with van der Waals surface area (Å²) < 4.78 is 0. The van der Waals surface area contributed by atoms with Gasteiger partial charge >= 0.3 is 0 Å². The third-order valence-electron chi connectivity index (χ3n) is 3.97. The van der Waals surface area contributed by atoms with E-state index in [1.165, 1.54) is 16.7 Å². The van der Waals surface area contributed by atoms with Gasteiger partial charge in [0.05, 0.1) is 6.10 Å². The number of aryl methyl sites for hydroxylation is 2. The summed E-state index contributed by atoms with van der Waals surface area (Å²) in [6, 6.07) is 6.40. The molecule has 0 aliphatic rings. The van der Waals surface area contributed by atoms with Crippen LogP contribution in [0.2, 0.25) is 0 Å². The van der Waals surface area contributed by atoms with E-state index < -0.39 is 0 Å². The highest BCUT2D eigenvalue weighted by Crippen LogP contribution is 2.20. The Kier molecular flexibility index (Phi) is 4.34. The molecule has 0 fully saturated rings. The maximum absolute atomic E-state index is 10.3. The Balaban J connectivity index is 2.81. The van der Waals surface area contributed by atoms with Gasteiger partial charge in [0.2, 0.25) is 0 Å². The van der Waals surface area contributed by atoms with Crippen LogP contribution in [-0.4, -0.2) is 35.7 Å². The number of benzene rings is 1. The van der Waals surface area contributed by atoms with Crippen molar-refractivity contribution in [2.75, 3.05) is 14.1 Å². The molecule has 0 saturated carbocycles. The van der Waals surface area contributed by atoms with Crippen LogP contribution in [0, 0.1) is 13.8 Å². The third-order valence-corrected chi connectivity index (χ3v) is 3.97. The summed E-state index contributed by atoms with van der Waals surface area (Å²) in [5.74, 6) is 0. The standard InChI is InChI=1S/C15H25NO/c1-11-7-8-13(9-12(11)2)10-14(17)15(3,4)16(5)6/h7-9,14,17H,10H2,1-6H3. The van der Waals surface area contributed by atoms with Crippen LogP contribution < -0.4 is 0 Å². The van der Waals surface area contributed by atoms with E-state index in [-0.39, 0.29) is 11.6 Å². The zero-order valence-corrected chi connectivity index (χ0v) is 11.9. The van der Waals surface area contributed by atoms with Crippen molar-refractivity contribution in [2.45, 2.75) is 45.8 Å². The molecule has 96 valence electrons. The number of nitrogens with zero attached hydrogens (tertiary/aromatic N) is 1. The van der Waals surface area contributed by atoms with Gasteiger partial charge < -0.3 is 10.0 Å². The Labute approximate surface area is 105 Å². The van der Waals surface area contributed by atoms with Crippen molar-refractivity contribution in [3.05, 3.63) is 34.9 Å². The second-order valence-corrected chi connectivity index (χ2v) is 5.69. The van der Waals surface area contributed by atoms with Crippen molar-refractivity contribution in [2.24, 2.45) is 0 Å². The van der Waals surface area contributed by atoms with E-state index in [1.807, 2.05) is 14.1 Å². The number of hydrogen-bond acceptors (Lipinski definition) is 2. The van der Waals surface area contributed by atoms with Crippen LogP contribution in [0.3, 0.4) is 0 Å². The van der Waals surface area contributed by atoms with Gasteiger partial charge in [-0.15, -0.1) is 0 Å². The molecule has 0 amide bonds. The number of aliphatic hydroxyl groups is 1. The van der Waals surface area contributed by atoms with Crippen LogP contribution in [0.1, 0.15) is 30.5 Å². The minimum Gasteiger partial charge on any atom is -0.391 e. The van der Waals surface area contributed by atoms with Crippen molar-refractivity contribution < 1.29 is 5.11 Å². The Morgan fingerprint density at radius 2 is 1.76 bits per heavy atom. The molecule has 0 spiro atoms. The largest absolute Gasteiger partial charge is 0.391 e. The SMILES string of the molecule is Cc1ccc(CC(O)C(C)(C)N(C)C)cc1C. The second-order valence-electron chi connectivity index (χ2n) is 5.69. The minimum atomic E-state index is -0.361. The molecule has 1 rings (SSSR count). The summed E-state index contributed by atoms with van der Waals surface area (Å²) in [5.41, 5.74) is 3.58. The van der Waals surface area contributed by atoms with Crippen LogP contribution in [0.5, 0.6) is 0 Å². The number of rotatable bonds is 4. The van der Waals surface area contributed by atoms with Crippen molar-refractivity contribution in [1.82, 2.24) is 4.90 Å². The summed E-state index contributed by atoms with van der Waals surface area (Å²) in [7, 11) is 4.01. The van der Waals surface area contributed by atoms with E-state index in [4.69, 9.17) is 0 Å². The third kappa shape index (κ3) is 3.30. The molecule has 0 bridgehead atoms. The Morgan fingerprint density at radius 3 is 2.24 bits per heavy atom. The van der Waals surface area contributed by atoms with Gasteiger partial charge in [0, 0.05) is 12.0 Å². The van der Waals surface area contributed by atoms with Crippen LogP contribution in [0.4, 0.5) is 0 Å². The van der Waals surface area contributed by atoms with E-state index in [0.717, 1.165) is 0 Å². The summed E-state index contributed by atoms with van der Waals surface area (Å²) in [6.07, 6.45) is 0.339. The number of hydrogen-bond donors (Lipinski definition) is 1. The van der Waals surface area contributed by atoms with Crippen LogP contribution in [0.25, 0.3) is 0 Å². The molecular weight excluding hydrogens is 210 g/mol. The van der Waals surface area contributed by atoms with Gasteiger partial charge in [-0.25, -0.2) is 0 Å². The molecule has 0 heterocycles. The fraction of sp³-hybridized carbons (Fsp3) is 0.600. The summed E-state index contributed by atoms with van der Waals surface area (Å²) >= 11 is 0. The molecule has 0 aliphatic carbocycles. The van der Waals surface area contributed by atoms with Gasteiger partial charge in [0.1, 0.15) is 0 Å². The molecule has 1 atom stereocenters. The lowest BCUT2D eigenvalue weighted by Crippen LogP contribution is -2.49. The van der Waals surface area contributed by atoms with Crippen molar-refractivity contribution in [1.29, 1.82) is 0 Å². The van der Waals surface area contributed by atoms with E-state index >= 15 is 0 Å². The zero-order chi connectivity index (χ0) is 13.2. The first-order chi connectivity index (χ1) is 7.75. The first-order valence-electron chi connectivity index (χ1n) is 6.16. The average Bonchev–Trinajstić information content (AvgIpc) is 2.23. The summed E-state index contributed by atoms with van der Waals surface area (Å²) in [5, 5.41) is 10.3. The molecule has 2 heteroatoms. The van der Waals surface area contributed by atoms with Crippen LogP contribution in [0.15, 0.2) is 18.2 Å². The maximum Gasteiger partial charge on any atom is 0.0758 e. The molecule has 1 aromatic carbocycles. The lowest BCUT2D eigenvalue weighted by molar-refractivity contribution is 0.0182. The van der Waals surface area contributed by atoms with Gasteiger partial charge in [-0.3, -0.25) is 0 Å². The molecule has 0 saturated heterocycles. The van der Waals surface area contributed by atoms with Crippen molar-refractivity contribution in [3.8, 4) is 0 Å². The lowest BCUT2D eigenvalue weighted by atomic mass is 9.90. The fourth-order valence-electron chi connectivity index (χ4n) is 1.70. The van der Waals surface area contributed by atoms with Gasteiger partial charge in [0.15, 0.2) is 0 Å². The first-order valence-corrected chi connectivity index (χ1v) is 6.16. The predicted octanol–water partition coefficient (Wildman–Crippen LogP) is 2.55. The molecule has 1 N–H and O–H groups in total. The molecule has 0 aliphatic heterocycles. The second kappa shape index (κ2) is 5.19. The molecule has 1 aromatic rings. The van der Waals surface area contributed by atoms with Gasteiger partial charge in [0.25, 0.3) is 0 Å². The Bertz CT molecular complexity index is 383. The molecule has 2 nitrogen and oxygen atoms in total. The van der Waals surface area contributed by atoms with Crippen LogP contribution >= 0.6 is 0 Å². The van der Waals surface area contributed by atoms with E-state index in [1.54, 1.807) is 0 Å². The minimum absolute atomic E-state index is 0.210. The van der Waals surface area contributed by atoms with Gasteiger partial charge in [-0.05, 0) is 58.5 Å². The average molecular weight is 235 g/mol.